The number of carbonyl (C=O) groups excluding carboxylic acids is 1. The van der Waals surface area contributed by atoms with Crippen LogP contribution in [0.1, 0.15) is 30.3 Å². The maximum Gasteiger partial charge on any atom is 0.350 e. The zero-order valence-corrected chi connectivity index (χ0v) is 17.3. The highest BCUT2D eigenvalue weighted by Crippen LogP contribution is 2.34. The van der Waals surface area contributed by atoms with E-state index >= 15 is 8.78 Å². The minimum atomic E-state index is -3.62. The van der Waals surface area contributed by atoms with Gasteiger partial charge in [-0.1, -0.05) is 5.16 Å². The van der Waals surface area contributed by atoms with Crippen molar-refractivity contribution in [1.29, 1.82) is 0 Å². The maximum absolute atomic E-state index is 15.5. The van der Waals surface area contributed by atoms with Gasteiger partial charge in [-0.25, -0.2) is 9.50 Å². The SMILES string of the molecule is O=C(Nc1cn2nc(C(F)(F)c3nnc4ccc(-c5noc(CO)n5)cn34)ccc2n1)C1CC1. The first-order chi connectivity index (χ1) is 16.4. The number of halogens is 2. The van der Waals surface area contributed by atoms with E-state index in [1.54, 1.807) is 6.07 Å². The minimum absolute atomic E-state index is 0.00469. The number of aromatic nitrogens is 8. The number of fused-ring (bicyclic) bond motifs is 2. The Morgan fingerprint density at radius 3 is 2.74 bits per heavy atom. The summed E-state index contributed by atoms with van der Waals surface area (Å²) in [5.41, 5.74) is 0.259. The van der Waals surface area contributed by atoms with Gasteiger partial charge in [0.25, 0.3) is 5.89 Å². The fourth-order valence-corrected chi connectivity index (χ4v) is 3.47. The Labute approximate surface area is 188 Å². The summed E-state index contributed by atoms with van der Waals surface area (Å²) >= 11 is 0. The Kier molecular flexibility index (Phi) is 4.38. The number of carbonyl (C=O) groups is 1. The highest BCUT2D eigenvalue weighted by atomic mass is 19.3. The molecule has 0 saturated heterocycles. The molecule has 5 heterocycles. The van der Waals surface area contributed by atoms with Crippen LogP contribution in [-0.2, 0) is 17.3 Å². The number of nitrogens with one attached hydrogen (secondary N) is 1. The predicted octanol–water partition coefficient (Wildman–Crippen LogP) is 1.80. The molecule has 0 atom stereocenters. The molecule has 0 bridgehead atoms. The summed E-state index contributed by atoms with van der Waals surface area (Å²) in [7, 11) is 0. The first-order valence-corrected chi connectivity index (χ1v) is 10.3. The number of hydrogen-bond acceptors (Lipinski definition) is 9. The summed E-state index contributed by atoms with van der Waals surface area (Å²) in [6, 6.07) is 5.59. The fraction of sp³-hybridized carbons (Fsp3) is 0.250. The van der Waals surface area contributed by atoms with Crippen LogP contribution in [0.25, 0.3) is 22.7 Å². The monoisotopic (exact) mass is 467 g/mol. The maximum atomic E-state index is 15.5. The number of rotatable bonds is 6. The zero-order valence-electron chi connectivity index (χ0n) is 17.3. The number of aliphatic hydroxyl groups is 1. The second-order valence-corrected chi connectivity index (χ2v) is 7.82. The number of imidazole rings is 1. The van der Waals surface area contributed by atoms with Crippen LogP contribution in [-0.4, -0.2) is 50.4 Å². The van der Waals surface area contributed by atoms with E-state index in [0.29, 0.717) is 11.2 Å². The van der Waals surface area contributed by atoms with Gasteiger partial charge in [0.2, 0.25) is 17.6 Å². The van der Waals surface area contributed by atoms with Gasteiger partial charge in [-0.3, -0.25) is 9.20 Å². The molecule has 1 fully saturated rings. The van der Waals surface area contributed by atoms with E-state index in [1.165, 1.54) is 29.0 Å². The van der Waals surface area contributed by atoms with E-state index in [-0.39, 0.29) is 35.0 Å². The van der Waals surface area contributed by atoms with Gasteiger partial charge < -0.3 is 14.9 Å². The van der Waals surface area contributed by atoms with E-state index in [2.05, 4.69) is 35.7 Å². The Morgan fingerprint density at radius 2 is 1.97 bits per heavy atom. The number of hydrogen-bond donors (Lipinski definition) is 2. The molecular formula is C20H15F2N9O3. The molecule has 1 aliphatic carbocycles. The van der Waals surface area contributed by atoms with Crippen LogP contribution in [0.5, 0.6) is 0 Å². The first kappa shape index (κ1) is 20.3. The molecule has 0 radical (unpaired) electrons. The molecule has 0 unspecified atom stereocenters. The van der Waals surface area contributed by atoms with Crippen LogP contribution in [0.2, 0.25) is 0 Å². The van der Waals surface area contributed by atoms with Gasteiger partial charge in [0.05, 0.1) is 6.20 Å². The lowest BCUT2D eigenvalue weighted by molar-refractivity contribution is -0.117. The highest BCUT2D eigenvalue weighted by Gasteiger charge is 2.41. The standard InChI is InChI=1S/C20H15F2N9O3/c21-20(22,12-4-6-14-23-13(8-31(14)28-12)24-18(33)10-1-2-10)19-27-26-15-5-3-11(7-30(15)19)17-25-16(9-32)34-29-17/h3-8,10,32H,1-2,9H2,(H,24,33). The van der Waals surface area contributed by atoms with E-state index in [4.69, 9.17) is 9.63 Å². The van der Waals surface area contributed by atoms with Crippen LogP contribution in [0, 0.1) is 5.92 Å². The number of nitrogens with zero attached hydrogens (tertiary/aromatic N) is 8. The summed E-state index contributed by atoms with van der Waals surface area (Å²) < 4.78 is 38.2. The van der Waals surface area contributed by atoms with Crippen LogP contribution in [0.15, 0.2) is 41.2 Å². The van der Waals surface area contributed by atoms with Crippen molar-refractivity contribution in [3.05, 3.63) is 54.1 Å². The van der Waals surface area contributed by atoms with Gasteiger partial charge in [-0.2, -0.15) is 18.9 Å². The second kappa shape index (κ2) is 7.34. The molecule has 0 spiro atoms. The number of amides is 1. The third-order valence-corrected chi connectivity index (χ3v) is 5.39. The van der Waals surface area contributed by atoms with E-state index in [0.717, 1.165) is 23.3 Å². The third-order valence-electron chi connectivity index (χ3n) is 5.39. The number of anilines is 1. The van der Waals surface area contributed by atoms with Gasteiger partial charge in [-0.15, -0.1) is 10.2 Å². The summed E-state index contributed by atoms with van der Waals surface area (Å²) in [5.74, 6) is -4.10. The number of pyridine rings is 1. The molecule has 12 nitrogen and oxygen atoms in total. The Balaban J connectivity index is 1.36. The molecule has 0 aliphatic heterocycles. The van der Waals surface area contributed by atoms with Crippen molar-refractivity contribution in [3.8, 4) is 11.4 Å². The topological polar surface area (TPSA) is 149 Å². The van der Waals surface area contributed by atoms with Crippen molar-refractivity contribution >= 4 is 23.0 Å². The molecule has 1 saturated carbocycles. The van der Waals surface area contributed by atoms with Gasteiger partial charge >= 0.3 is 5.92 Å². The summed E-state index contributed by atoms with van der Waals surface area (Å²) in [4.78, 5) is 20.2. The van der Waals surface area contributed by atoms with Gasteiger partial charge in [0.15, 0.2) is 17.1 Å². The molecule has 1 aliphatic rings. The molecule has 2 N–H and O–H groups in total. The van der Waals surface area contributed by atoms with Crippen molar-refractivity contribution in [2.45, 2.75) is 25.4 Å². The summed E-state index contributed by atoms with van der Waals surface area (Å²) in [6.07, 6.45) is 4.39. The smallest absolute Gasteiger partial charge is 0.350 e. The van der Waals surface area contributed by atoms with Crippen molar-refractivity contribution < 1.29 is 23.2 Å². The van der Waals surface area contributed by atoms with Gasteiger partial charge in [-0.05, 0) is 37.1 Å². The lowest BCUT2D eigenvalue weighted by Gasteiger charge is -2.14. The van der Waals surface area contributed by atoms with E-state index in [9.17, 15) is 4.79 Å². The second-order valence-electron chi connectivity index (χ2n) is 7.82. The average molecular weight is 467 g/mol. The Bertz CT molecular complexity index is 1550. The lowest BCUT2D eigenvalue weighted by Crippen LogP contribution is -2.22. The molecule has 5 aromatic rings. The van der Waals surface area contributed by atoms with Crippen LogP contribution in [0.3, 0.4) is 0 Å². The van der Waals surface area contributed by atoms with Crippen LogP contribution < -0.4 is 5.32 Å². The quantitative estimate of drug-likeness (QED) is 0.381. The van der Waals surface area contributed by atoms with E-state index < -0.39 is 24.0 Å². The molecule has 14 heteroatoms. The highest BCUT2D eigenvalue weighted by molar-refractivity contribution is 5.93. The number of alkyl halides is 2. The molecular weight excluding hydrogens is 452 g/mol. The van der Waals surface area contributed by atoms with Crippen molar-refractivity contribution in [2.24, 2.45) is 5.92 Å². The largest absolute Gasteiger partial charge is 0.387 e. The normalized spacial score (nSPS) is 14.2. The Morgan fingerprint density at radius 1 is 1.15 bits per heavy atom. The first-order valence-electron chi connectivity index (χ1n) is 10.3. The van der Waals surface area contributed by atoms with Crippen LogP contribution in [0.4, 0.5) is 14.6 Å². The molecule has 172 valence electrons. The molecule has 34 heavy (non-hydrogen) atoms. The minimum Gasteiger partial charge on any atom is -0.387 e. The van der Waals surface area contributed by atoms with Gasteiger partial charge in [0.1, 0.15) is 12.3 Å². The van der Waals surface area contributed by atoms with E-state index in [1.807, 2.05) is 0 Å². The van der Waals surface area contributed by atoms with Crippen molar-refractivity contribution in [2.75, 3.05) is 5.32 Å². The number of aliphatic hydroxyl groups excluding tert-OH is 1. The molecule has 6 rings (SSSR count). The van der Waals surface area contributed by atoms with Crippen molar-refractivity contribution in [1.82, 2.24) is 39.3 Å². The Hall–Kier alpha value is -4.33. The molecule has 1 amide bonds. The van der Waals surface area contributed by atoms with Gasteiger partial charge in [0, 0.05) is 17.7 Å². The predicted molar refractivity (Wildman–Crippen MR) is 110 cm³/mol. The lowest BCUT2D eigenvalue weighted by atomic mass is 10.2. The van der Waals surface area contributed by atoms with Crippen LogP contribution >= 0.6 is 0 Å². The zero-order chi connectivity index (χ0) is 23.4. The molecule has 0 aromatic carbocycles. The summed E-state index contributed by atoms with van der Waals surface area (Å²) in [6.45, 7) is -0.445. The third kappa shape index (κ3) is 3.35. The molecule has 5 aromatic heterocycles. The fourth-order valence-electron chi connectivity index (χ4n) is 3.47. The summed E-state index contributed by atoms with van der Waals surface area (Å²) in [5, 5.41) is 27.0. The average Bonchev–Trinajstić information content (AvgIpc) is 3.24. The van der Waals surface area contributed by atoms with Crippen molar-refractivity contribution in [3.63, 3.8) is 0 Å².